The van der Waals surface area contributed by atoms with Crippen LogP contribution >= 0.6 is 0 Å². The van der Waals surface area contributed by atoms with Gasteiger partial charge in [0.15, 0.2) is 0 Å². The fraction of sp³-hybridized carbons (Fsp3) is 0.333. The van der Waals surface area contributed by atoms with Gasteiger partial charge in [0.1, 0.15) is 12.3 Å². The molecule has 8 heteroatoms. The molecule has 0 saturated heterocycles. The number of carboxylic acid groups (broad SMARTS) is 1. The van der Waals surface area contributed by atoms with Gasteiger partial charge in [0, 0.05) is 6.54 Å². The van der Waals surface area contributed by atoms with Gasteiger partial charge in [-0.25, -0.2) is 4.79 Å². The van der Waals surface area contributed by atoms with Crippen molar-refractivity contribution in [3.8, 4) is 0 Å². The van der Waals surface area contributed by atoms with Crippen LogP contribution in [0.3, 0.4) is 0 Å². The molecule has 1 atom stereocenters. The maximum atomic E-state index is 11.9. The number of ether oxygens (including phenoxy) is 1. The van der Waals surface area contributed by atoms with Crippen molar-refractivity contribution in [2.75, 3.05) is 0 Å². The van der Waals surface area contributed by atoms with Crippen molar-refractivity contribution < 1.29 is 19.4 Å². The van der Waals surface area contributed by atoms with Gasteiger partial charge in [0.25, 0.3) is 0 Å². The molecular formula is C15H18N4O4. The second kappa shape index (κ2) is 7.92. The predicted molar refractivity (Wildman–Crippen MR) is 80.5 cm³/mol. The zero-order valence-electron chi connectivity index (χ0n) is 12.7. The molecule has 2 rings (SSSR count). The zero-order valence-corrected chi connectivity index (χ0v) is 12.7. The molecule has 0 radical (unpaired) electrons. The van der Waals surface area contributed by atoms with E-state index >= 15 is 0 Å². The summed E-state index contributed by atoms with van der Waals surface area (Å²) in [4.78, 5) is 22.8. The number of hydrogen-bond donors (Lipinski definition) is 2. The number of carbonyl (C=O) groups excluding carboxylic acids is 1. The average molecular weight is 318 g/mol. The largest absolute Gasteiger partial charge is 0.481 e. The van der Waals surface area contributed by atoms with Crippen molar-refractivity contribution in [3.63, 3.8) is 0 Å². The Bertz CT molecular complexity index is 657. The first-order valence-electron chi connectivity index (χ1n) is 7.17. The monoisotopic (exact) mass is 318 g/mol. The molecule has 1 aromatic carbocycles. The molecule has 1 heterocycles. The van der Waals surface area contributed by atoms with Crippen LogP contribution in [0.25, 0.3) is 0 Å². The van der Waals surface area contributed by atoms with Gasteiger partial charge in [-0.15, -0.1) is 5.10 Å². The number of benzene rings is 1. The Morgan fingerprint density at radius 2 is 2.09 bits per heavy atom. The number of aryl methyl sites for hydroxylation is 1. The Labute approximate surface area is 133 Å². The van der Waals surface area contributed by atoms with Crippen LogP contribution in [-0.4, -0.2) is 32.2 Å². The van der Waals surface area contributed by atoms with Crippen molar-refractivity contribution in [3.05, 3.63) is 47.8 Å². The van der Waals surface area contributed by atoms with Crippen LogP contribution < -0.4 is 5.32 Å². The molecule has 0 spiro atoms. The quantitative estimate of drug-likeness (QED) is 0.805. The molecule has 8 nitrogen and oxygen atoms in total. The number of rotatable bonds is 7. The molecule has 0 fully saturated rings. The molecule has 23 heavy (non-hydrogen) atoms. The second-order valence-electron chi connectivity index (χ2n) is 4.86. The van der Waals surface area contributed by atoms with Crippen molar-refractivity contribution >= 4 is 12.1 Å². The topological polar surface area (TPSA) is 106 Å². The van der Waals surface area contributed by atoms with E-state index in [0.717, 1.165) is 5.56 Å². The molecule has 0 aliphatic rings. The van der Waals surface area contributed by atoms with Crippen molar-refractivity contribution in [2.24, 2.45) is 0 Å². The third kappa shape index (κ3) is 5.10. The van der Waals surface area contributed by atoms with E-state index in [1.54, 1.807) is 10.9 Å². The van der Waals surface area contributed by atoms with E-state index in [9.17, 15) is 9.59 Å². The third-order valence-electron chi connectivity index (χ3n) is 3.12. The van der Waals surface area contributed by atoms with Crippen LogP contribution in [0, 0.1) is 0 Å². The lowest BCUT2D eigenvalue weighted by Crippen LogP contribution is -2.31. The van der Waals surface area contributed by atoms with Gasteiger partial charge in [0.05, 0.1) is 18.7 Å². The summed E-state index contributed by atoms with van der Waals surface area (Å²) in [6.45, 7) is 2.59. The minimum Gasteiger partial charge on any atom is -0.481 e. The van der Waals surface area contributed by atoms with Gasteiger partial charge < -0.3 is 15.2 Å². The maximum Gasteiger partial charge on any atom is 0.408 e. The lowest BCUT2D eigenvalue weighted by molar-refractivity contribution is -0.137. The van der Waals surface area contributed by atoms with Crippen LogP contribution in [-0.2, 0) is 22.7 Å². The van der Waals surface area contributed by atoms with Crippen molar-refractivity contribution in [2.45, 2.75) is 32.5 Å². The third-order valence-corrected chi connectivity index (χ3v) is 3.12. The van der Waals surface area contributed by atoms with Crippen LogP contribution in [0.1, 0.15) is 30.6 Å². The lowest BCUT2D eigenvalue weighted by atomic mass is 10.1. The van der Waals surface area contributed by atoms with E-state index < -0.39 is 18.1 Å². The standard InChI is InChI=1S/C15H18N4O4/c1-2-19-9-13(17-18-19)12(8-14(20)21)16-15(22)23-10-11-6-4-3-5-7-11/h3-7,9,12H,2,8,10H2,1H3,(H,16,22)(H,20,21)/t12-/m1/s1. The summed E-state index contributed by atoms with van der Waals surface area (Å²) in [5, 5.41) is 19.2. The Balaban J connectivity index is 1.96. The van der Waals surface area contributed by atoms with Crippen LogP contribution in [0.4, 0.5) is 4.79 Å². The summed E-state index contributed by atoms with van der Waals surface area (Å²) >= 11 is 0. The minimum absolute atomic E-state index is 0.105. The molecule has 2 N–H and O–H groups in total. The molecule has 0 bridgehead atoms. The van der Waals surface area contributed by atoms with Crippen LogP contribution in [0.2, 0.25) is 0 Å². The number of carbonyl (C=O) groups is 2. The lowest BCUT2D eigenvalue weighted by Gasteiger charge is -2.14. The second-order valence-corrected chi connectivity index (χ2v) is 4.86. The zero-order chi connectivity index (χ0) is 16.7. The van der Waals surface area contributed by atoms with E-state index in [-0.39, 0.29) is 13.0 Å². The van der Waals surface area contributed by atoms with E-state index in [1.165, 1.54) is 0 Å². The summed E-state index contributed by atoms with van der Waals surface area (Å²) in [5.41, 5.74) is 1.22. The SMILES string of the molecule is CCn1cc([C@@H](CC(=O)O)NC(=O)OCc2ccccc2)nn1. The Morgan fingerprint density at radius 1 is 1.35 bits per heavy atom. The number of amides is 1. The van der Waals surface area contributed by atoms with Crippen molar-refractivity contribution in [1.29, 1.82) is 0 Å². The molecule has 0 aliphatic carbocycles. The van der Waals surface area contributed by atoms with Crippen LogP contribution in [0.15, 0.2) is 36.5 Å². The summed E-state index contributed by atoms with van der Waals surface area (Å²) < 4.78 is 6.65. The molecular weight excluding hydrogens is 300 g/mol. The highest BCUT2D eigenvalue weighted by Crippen LogP contribution is 2.14. The predicted octanol–water partition coefficient (Wildman–Crippen LogP) is 1.74. The number of aromatic nitrogens is 3. The number of hydrogen-bond acceptors (Lipinski definition) is 5. The highest BCUT2D eigenvalue weighted by atomic mass is 16.5. The minimum atomic E-state index is -1.05. The molecule has 122 valence electrons. The van der Waals surface area contributed by atoms with Crippen molar-refractivity contribution in [1.82, 2.24) is 20.3 Å². The van der Waals surface area contributed by atoms with Gasteiger partial charge in [-0.2, -0.15) is 0 Å². The number of nitrogens with zero attached hydrogens (tertiary/aromatic N) is 3. The van der Waals surface area contributed by atoms with E-state index in [0.29, 0.717) is 12.2 Å². The summed E-state index contributed by atoms with van der Waals surface area (Å²) in [6.07, 6.45) is 0.597. The summed E-state index contributed by atoms with van der Waals surface area (Å²) in [6, 6.07) is 8.41. The fourth-order valence-electron chi connectivity index (χ4n) is 1.94. The molecule has 0 aliphatic heterocycles. The van der Waals surface area contributed by atoms with E-state index in [1.807, 2.05) is 37.3 Å². The van der Waals surface area contributed by atoms with Gasteiger partial charge >= 0.3 is 12.1 Å². The Morgan fingerprint density at radius 3 is 2.70 bits per heavy atom. The summed E-state index contributed by atoms with van der Waals surface area (Å²) in [7, 11) is 0. The number of nitrogens with one attached hydrogen (secondary N) is 1. The van der Waals surface area contributed by atoms with Crippen LogP contribution in [0.5, 0.6) is 0 Å². The normalized spacial score (nSPS) is 11.7. The maximum absolute atomic E-state index is 11.9. The Hall–Kier alpha value is -2.90. The highest BCUT2D eigenvalue weighted by molar-refractivity contribution is 5.71. The number of aliphatic carboxylic acids is 1. The molecule has 1 amide bonds. The van der Waals surface area contributed by atoms with E-state index in [2.05, 4.69) is 15.6 Å². The van der Waals surface area contributed by atoms with Gasteiger partial charge in [0.2, 0.25) is 0 Å². The first-order chi connectivity index (χ1) is 11.1. The number of carboxylic acids is 1. The average Bonchev–Trinajstić information content (AvgIpc) is 3.02. The summed E-state index contributed by atoms with van der Waals surface area (Å²) in [5.74, 6) is -1.05. The highest BCUT2D eigenvalue weighted by Gasteiger charge is 2.21. The van der Waals surface area contributed by atoms with Gasteiger partial charge in [-0.05, 0) is 12.5 Å². The Kier molecular flexibility index (Phi) is 5.67. The molecule has 0 unspecified atom stereocenters. The molecule has 0 saturated carbocycles. The molecule has 2 aromatic rings. The number of alkyl carbamates (subject to hydrolysis) is 1. The fourth-order valence-corrected chi connectivity index (χ4v) is 1.94. The first-order valence-corrected chi connectivity index (χ1v) is 7.17. The smallest absolute Gasteiger partial charge is 0.408 e. The van der Waals surface area contributed by atoms with Gasteiger partial charge in [-0.1, -0.05) is 35.5 Å². The van der Waals surface area contributed by atoms with Gasteiger partial charge in [-0.3, -0.25) is 9.48 Å². The van der Waals surface area contributed by atoms with E-state index in [4.69, 9.17) is 9.84 Å². The first kappa shape index (κ1) is 16.5. The molecule has 1 aromatic heterocycles.